The molecule has 3 heteroatoms. The van der Waals surface area contributed by atoms with Crippen LogP contribution in [-0.4, -0.2) is 18.5 Å². The van der Waals surface area contributed by atoms with Crippen molar-refractivity contribution in [2.24, 2.45) is 17.6 Å². The first-order valence-electron chi connectivity index (χ1n) is 6.64. The maximum absolute atomic E-state index is 10.9. The average molecular weight is 226 g/mol. The Kier molecular flexibility index (Phi) is 5.81. The number of nitrogens with two attached hydrogens (primary N) is 1. The van der Waals surface area contributed by atoms with Crippen molar-refractivity contribution in [2.45, 2.75) is 58.4 Å². The molecule has 0 spiro atoms. The van der Waals surface area contributed by atoms with Gasteiger partial charge in [-0.05, 0) is 25.7 Å². The summed E-state index contributed by atoms with van der Waals surface area (Å²) in [7, 11) is 0. The van der Waals surface area contributed by atoms with E-state index in [9.17, 15) is 4.79 Å². The van der Waals surface area contributed by atoms with Gasteiger partial charge in [0.25, 0.3) is 0 Å². The SMILES string of the molecule is CC(CN[C@@H](C)C1CCCCCC1)C(N)=O. The summed E-state index contributed by atoms with van der Waals surface area (Å²) in [4.78, 5) is 10.9. The molecule has 1 unspecified atom stereocenters. The maximum atomic E-state index is 10.9. The van der Waals surface area contributed by atoms with Crippen molar-refractivity contribution in [3.8, 4) is 0 Å². The van der Waals surface area contributed by atoms with Crippen LogP contribution in [0, 0.1) is 11.8 Å². The predicted octanol–water partition coefficient (Wildman–Crippen LogP) is 2.06. The minimum atomic E-state index is -0.208. The molecule has 1 aliphatic carbocycles. The number of rotatable bonds is 5. The van der Waals surface area contributed by atoms with Crippen molar-refractivity contribution in [3.05, 3.63) is 0 Å². The van der Waals surface area contributed by atoms with Crippen molar-refractivity contribution < 1.29 is 4.79 Å². The second-order valence-electron chi connectivity index (χ2n) is 5.25. The summed E-state index contributed by atoms with van der Waals surface area (Å²) in [6.07, 6.45) is 8.17. The van der Waals surface area contributed by atoms with Gasteiger partial charge in [0.2, 0.25) is 5.91 Å². The molecule has 3 nitrogen and oxygen atoms in total. The maximum Gasteiger partial charge on any atom is 0.221 e. The number of nitrogens with one attached hydrogen (secondary N) is 1. The average Bonchev–Trinajstić information content (AvgIpc) is 2.53. The zero-order valence-electron chi connectivity index (χ0n) is 10.7. The number of carbonyl (C=O) groups excluding carboxylic acids is 1. The number of hydrogen-bond acceptors (Lipinski definition) is 2. The number of hydrogen-bond donors (Lipinski definition) is 2. The summed E-state index contributed by atoms with van der Waals surface area (Å²) in [5, 5.41) is 3.46. The summed E-state index contributed by atoms with van der Waals surface area (Å²) in [5.74, 6) is 0.511. The van der Waals surface area contributed by atoms with E-state index in [-0.39, 0.29) is 11.8 Å². The van der Waals surface area contributed by atoms with Crippen molar-refractivity contribution in [1.29, 1.82) is 0 Å². The molecule has 1 rings (SSSR count). The highest BCUT2D eigenvalue weighted by molar-refractivity contribution is 5.76. The van der Waals surface area contributed by atoms with Gasteiger partial charge in [-0.15, -0.1) is 0 Å². The molecule has 0 aromatic carbocycles. The molecule has 0 aliphatic heterocycles. The quantitative estimate of drug-likeness (QED) is 0.705. The number of carbonyl (C=O) groups is 1. The van der Waals surface area contributed by atoms with E-state index < -0.39 is 0 Å². The van der Waals surface area contributed by atoms with E-state index in [1.54, 1.807) is 0 Å². The third kappa shape index (κ3) is 4.52. The van der Waals surface area contributed by atoms with E-state index in [0.29, 0.717) is 12.6 Å². The normalized spacial score (nSPS) is 22.4. The van der Waals surface area contributed by atoms with Gasteiger partial charge < -0.3 is 11.1 Å². The van der Waals surface area contributed by atoms with Crippen LogP contribution in [0.1, 0.15) is 52.4 Å². The Morgan fingerprint density at radius 1 is 1.25 bits per heavy atom. The van der Waals surface area contributed by atoms with E-state index in [1.807, 2.05) is 6.92 Å². The van der Waals surface area contributed by atoms with Crippen LogP contribution in [0.4, 0.5) is 0 Å². The minimum absolute atomic E-state index is 0.0618. The van der Waals surface area contributed by atoms with Crippen LogP contribution in [0.15, 0.2) is 0 Å². The molecule has 16 heavy (non-hydrogen) atoms. The number of primary amides is 1. The Labute approximate surface area is 99.2 Å². The van der Waals surface area contributed by atoms with Gasteiger partial charge in [-0.1, -0.05) is 32.6 Å². The van der Waals surface area contributed by atoms with E-state index in [2.05, 4.69) is 12.2 Å². The van der Waals surface area contributed by atoms with E-state index in [4.69, 9.17) is 5.73 Å². The Morgan fingerprint density at radius 2 is 1.81 bits per heavy atom. The van der Waals surface area contributed by atoms with E-state index in [1.165, 1.54) is 38.5 Å². The molecule has 1 saturated carbocycles. The molecular formula is C13H26N2O. The van der Waals surface area contributed by atoms with Gasteiger partial charge in [0.05, 0.1) is 0 Å². The molecule has 1 fully saturated rings. The zero-order chi connectivity index (χ0) is 12.0. The molecule has 94 valence electrons. The van der Waals surface area contributed by atoms with Crippen LogP contribution >= 0.6 is 0 Å². The first-order valence-corrected chi connectivity index (χ1v) is 6.64. The van der Waals surface area contributed by atoms with E-state index >= 15 is 0 Å². The van der Waals surface area contributed by atoms with Crippen LogP contribution in [0.5, 0.6) is 0 Å². The summed E-state index contributed by atoms with van der Waals surface area (Å²) in [6, 6.07) is 0.514. The number of amides is 1. The largest absolute Gasteiger partial charge is 0.369 e. The first kappa shape index (κ1) is 13.5. The lowest BCUT2D eigenvalue weighted by Gasteiger charge is -2.24. The zero-order valence-corrected chi connectivity index (χ0v) is 10.7. The molecule has 0 saturated heterocycles. The lowest BCUT2D eigenvalue weighted by molar-refractivity contribution is -0.121. The molecular weight excluding hydrogens is 200 g/mol. The Morgan fingerprint density at radius 3 is 2.31 bits per heavy atom. The Balaban J connectivity index is 2.27. The third-order valence-corrected chi connectivity index (χ3v) is 3.84. The lowest BCUT2D eigenvalue weighted by Crippen LogP contribution is -2.39. The second-order valence-corrected chi connectivity index (χ2v) is 5.25. The fourth-order valence-corrected chi connectivity index (χ4v) is 2.44. The van der Waals surface area contributed by atoms with Crippen molar-refractivity contribution in [2.75, 3.05) is 6.54 Å². The van der Waals surface area contributed by atoms with Crippen LogP contribution < -0.4 is 11.1 Å². The van der Waals surface area contributed by atoms with Crippen molar-refractivity contribution in [3.63, 3.8) is 0 Å². The Bertz CT molecular complexity index is 210. The van der Waals surface area contributed by atoms with E-state index in [0.717, 1.165) is 5.92 Å². The first-order chi connectivity index (χ1) is 7.61. The molecule has 1 amide bonds. The van der Waals surface area contributed by atoms with Crippen molar-refractivity contribution >= 4 is 5.91 Å². The molecule has 0 aromatic heterocycles. The van der Waals surface area contributed by atoms with Crippen LogP contribution in [0.3, 0.4) is 0 Å². The summed E-state index contributed by atoms with van der Waals surface area (Å²) >= 11 is 0. The fourth-order valence-electron chi connectivity index (χ4n) is 2.44. The molecule has 0 radical (unpaired) electrons. The Hall–Kier alpha value is -0.570. The molecule has 3 N–H and O–H groups in total. The highest BCUT2D eigenvalue weighted by atomic mass is 16.1. The monoisotopic (exact) mass is 226 g/mol. The van der Waals surface area contributed by atoms with Gasteiger partial charge in [0.15, 0.2) is 0 Å². The minimum Gasteiger partial charge on any atom is -0.369 e. The standard InChI is InChI=1S/C13H26N2O/c1-10(13(14)16)9-15-11(2)12-7-5-3-4-6-8-12/h10-12,15H,3-9H2,1-2H3,(H2,14,16)/t10?,11-/m0/s1. The topological polar surface area (TPSA) is 55.1 Å². The van der Waals surface area contributed by atoms with Crippen LogP contribution in [-0.2, 0) is 4.79 Å². The second kappa shape index (κ2) is 6.89. The van der Waals surface area contributed by atoms with Gasteiger partial charge in [-0.3, -0.25) is 4.79 Å². The lowest BCUT2D eigenvalue weighted by atomic mass is 9.92. The van der Waals surface area contributed by atoms with Crippen LogP contribution in [0.25, 0.3) is 0 Å². The van der Waals surface area contributed by atoms with Gasteiger partial charge in [0.1, 0.15) is 0 Å². The van der Waals surface area contributed by atoms with Gasteiger partial charge in [0, 0.05) is 18.5 Å². The molecule has 0 aromatic rings. The van der Waals surface area contributed by atoms with Gasteiger partial charge in [-0.2, -0.15) is 0 Å². The van der Waals surface area contributed by atoms with Gasteiger partial charge in [-0.25, -0.2) is 0 Å². The smallest absolute Gasteiger partial charge is 0.221 e. The highest BCUT2D eigenvalue weighted by Gasteiger charge is 2.19. The van der Waals surface area contributed by atoms with Crippen LogP contribution in [0.2, 0.25) is 0 Å². The molecule has 0 bridgehead atoms. The molecule has 1 aliphatic rings. The fraction of sp³-hybridized carbons (Fsp3) is 0.923. The third-order valence-electron chi connectivity index (χ3n) is 3.84. The predicted molar refractivity (Wildman–Crippen MR) is 67.0 cm³/mol. The summed E-state index contributed by atoms with van der Waals surface area (Å²) < 4.78 is 0. The summed E-state index contributed by atoms with van der Waals surface area (Å²) in [6.45, 7) is 4.84. The summed E-state index contributed by atoms with van der Waals surface area (Å²) in [5.41, 5.74) is 5.25. The van der Waals surface area contributed by atoms with Gasteiger partial charge >= 0.3 is 0 Å². The highest BCUT2D eigenvalue weighted by Crippen LogP contribution is 2.25. The molecule has 0 heterocycles. The van der Waals surface area contributed by atoms with Crippen molar-refractivity contribution in [1.82, 2.24) is 5.32 Å². The molecule has 2 atom stereocenters.